The summed E-state index contributed by atoms with van der Waals surface area (Å²) in [6.07, 6.45) is 0. The molecule has 0 fully saturated rings. The van der Waals surface area contributed by atoms with E-state index < -0.39 is 30.0 Å². The predicted octanol–water partition coefficient (Wildman–Crippen LogP) is 1.83. The van der Waals surface area contributed by atoms with Gasteiger partial charge in [-0.25, -0.2) is 13.6 Å². The molecule has 0 saturated heterocycles. The van der Waals surface area contributed by atoms with Crippen molar-refractivity contribution in [3.8, 4) is 5.75 Å². The number of hydrogen-bond donors (Lipinski definition) is 0. The van der Waals surface area contributed by atoms with Crippen molar-refractivity contribution >= 4 is 5.97 Å². The highest BCUT2D eigenvalue weighted by Crippen LogP contribution is 2.23. The molecule has 5 heteroatoms. The van der Waals surface area contributed by atoms with Gasteiger partial charge in [0.25, 0.3) is 0 Å². The number of hydrogen-bond acceptors (Lipinski definition) is 3. The minimum absolute atomic E-state index is 0.247. The fraction of sp³-hybridized carbons (Fsp3) is 0.300. The van der Waals surface area contributed by atoms with Crippen molar-refractivity contribution in [3.63, 3.8) is 0 Å². The molecule has 0 radical (unpaired) electrons. The van der Waals surface area contributed by atoms with E-state index >= 15 is 0 Å². The molecular formula is C10H10F2O3. The number of carbonyl (C=O) groups excluding carboxylic acids is 1. The van der Waals surface area contributed by atoms with E-state index in [1.165, 1.54) is 13.0 Å². The van der Waals surface area contributed by atoms with Crippen LogP contribution in [0, 0.1) is 18.6 Å². The first-order chi connectivity index (χ1) is 7.06. The van der Waals surface area contributed by atoms with Gasteiger partial charge in [-0.05, 0) is 18.6 Å². The lowest BCUT2D eigenvalue weighted by Crippen LogP contribution is -2.14. The Morgan fingerprint density at radius 2 is 2.07 bits per heavy atom. The van der Waals surface area contributed by atoms with Crippen LogP contribution in [0.1, 0.15) is 5.56 Å². The molecule has 0 heterocycles. The van der Waals surface area contributed by atoms with Crippen LogP contribution in [-0.2, 0) is 9.53 Å². The molecule has 0 atom stereocenters. The van der Waals surface area contributed by atoms with Gasteiger partial charge in [0.05, 0.1) is 7.11 Å². The Labute approximate surface area is 85.6 Å². The third-order valence-electron chi connectivity index (χ3n) is 1.80. The van der Waals surface area contributed by atoms with Crippen LogP contribution in [0.4, 0.5) is 8.78 Å². The second kappa shape index (κ2) is 4.72. The Morgan fingerprint density at radius 1 is 1.40 bits per heavy atom. The lowest BCUT2D eigenvalue weighted by Gasteiger charge is -2.08. The van der Waals surface area contributed by atoms with Gasteiger partial charge in [-0.15, -0.1) is 0 Å². The lowest BCUT2D eigenvalue weighted by molar-refractivity contribution is -0.143. The van der Waals surface area contributed by atoms with Crippen LogP contribution in [0.5, 0.6) is 5.75 Å². The van der Waals surface area contributed by atoms with Crippen molar-refractivity contribution in [1.29, 1.82) is 0 Å². The number of methoxy groups -OCH3 is 1. The van der Waals surface area contributed by atoms with Crippen LogP contribution in [-0.4, -0.2) is 19.7 Å². The Balaban J connectivity index is 2.84. The van der Waals surface area contributed by atoms with E-state index in [2.05, 4.69) is 9.47 Å². The van der Waals surface area contributed by atoms with Crippen LogP contribution in [0.3, 0.4) is 0 Å². The fourth-order valence-electron chi connectivity index (χ4n) is 0.953. The third-order valence-corrected chi connectivity index (χ3v) is 1.80. The molecule has 0 N–H and O–H groups in total. The van der Waals surface area contributed by atoms with Crippen molar-refractivity contribution in [3.05, 3.63) is 29.3 Å². The Bertz CT molecular complexity index is 377. The molecule has 0 spiro atoms. The van der Waals surface area contributed by atoms with Crippen LogP contribution < -0.4 is 4.74 Å². The SMILES string of the molecule is COC(=O)COc1c(F)ccc(C)c1F. The topological polar surface area (TPSA) is 35.5 Å². The zero-order valence-corrected chi connectivity index (χ0v) is 8.34. The first kappa shape index (κ1) is 11.4. The molecule has 0 unspecified atom stereocenters. The minimum Gasteiger partial charge on any atom is -0.476 e. The predicted molar refractivity (Wildman–Crippen MR) is 48.6 cm³/mol. The third kappa shape index (κ3) is 2.65. The normalized spacial score (nSPS) is 9.87. The monoisotopic (exact) mass is 216 g/mol. The van der Waals surface area contributed by atoms with E-state index in [1.54, 1.807) is 0 Å². The molecule has 3 nitrogen and oxygen atoms in total. The van der Waals surface area contributed by atoms with Crippen molar-refractivity contribution in [2.45, 2.75) is 6.92 Å². The molecule has 0 bridgehead atoms. The quantitative estimate of drug-likeness (QED) is 0.723. The number of halogens is 2. The minimum atomic E-state index is -0.845. The average Bonchev–Trinajstić information content (AvgIpc) is 2.23. The van der Waals surface area contributed by atoms with Gasteiger partial charge in [0.2, 0.25) is 0 Å². The first-order valence-electron chi connectivity index (χ1n) is 4.20. The Kier molecular flexibility index (Phi) is 3.60. The highest BCUT2D eigenvalue weighted by atomic mass is 19.1. The number of esters is 1. The summed E-state index contributed by atoms with van der Waals surface area (Å²) in [6, 6.07) is 2.36. The van der Waals surface area contributed by atoms with Crippen LogP contribution in [0.25, 0.3) is 0 Å². The van der Waals surface area contributed by atoms with Crippen molar-refractivity contribution in [2.24, 2.45) is 0 Å². The number of aryl methyl sites for hydroxylation is 1. The van der Waals surface area contributed by atoms with Gasteiger partial charge in [-0.3, -0.25) is 0 Å². The molecule has 0 aliphatic carbocycles. The molecule has 0 aliphatic heterocycles. The summed E-state index contributed by atoms with van der Waals surface area (Å²) in [4.78, 5) is 10.7. The zero-order chi connectivity index (χ0) is 11.4. The maximum atomic E-state index is 13.3. The van der Waals surface area contributed by atoms with E-state index in [0.717, 1.165) is 13.2 Å². The largest absolute Gasteiger partial charge is 0.476 e. The van der Waals surface area contributed by atoms with Gasteiger partial charge in [-0.2, -0.15) is 0 Å². The molecule has 0 saturated carbocycles. The van der Waals surface area contributed by atoms with E-state index in [-0.39, 0.29) is 5.56 Å². The number of carbonyl (C=O) groups is 1. The highest BCUT2D eigenvalue weighted by Gasteiger charge is 2.14. The molecule has 15 heavy (non-hydrogen) atoms. The second-order valence-corrected chi connectivity index (χ2v) is 2.87. The van der Waals surface area contributed by atoms with E-state index in [4.69, 9.17) is 0 Å². The van der Waals surface area contributed by atoms with E-state index in [0.29, 0.717) is 0 Å². The average molecular weight is 216 g/mol. The van der Waals surface area contributed by atoms with Crippen molar-refractivity contribution < 1.29 is 23.0 Å². The standard InChI is InChI=1S/C10H10F2O3/c1-6-3-4-7(11)10(9(6)12)15-5-8(13)14-2/h3-4H,5H2,1-2H3. The van der Waals surface area contributed by atoms with Gasteiger partial charge in [0.15, 0.2) is 24.0 Å². The Hall–Kier alpha value is -1.65. The van der Waals surface area contributed by atoms with E-state index in [9.17, 15) is 13.6 Å². The van der Waals surface area contributed by atoms with Gasteiger partial charge < -0.3 is 9.47 Å². The Morgan fingerprint density at radius 3 is 2.67 bits per heavy atom. The maximum Gasteiger partial charge on any atom is 0.343 e. The molecule has 1 rings (SSSR count). The first-order valence-corrected chi connectivity index (χ1v) is 4.20. The molecule has 0 aliphatic rings. The number of rotatable bonds is 3. The van der Waals surface area contributed by atoms with Gasteiger partial charge >= 0.3 is 5.97 Å². The highest BCUT2D eigenvalue weighted by molar-refractivity contribution is 5.70. The number of ether oxygens (including phenoxy) is 2. The maximum absolute atomic E-state index is 13.3. The number of benzene rings is 1. The fourth-order valence-corrected chi connectivity index (χ4v) is 0.953. The summed E-state index contributed by atoms with van der Waals surface area (Å²) >= 11 is 0. The van der Waals surface area contributed by atoms with E-state index in [1.807, 2.05) is 0 Å². The van der Waals surface area contributed by atoms with Gasteiger partial charge in [-0.1, -0.05) is 6.07 Å². The summed E-state index contributed by atoms with van der Waals surface area (Å²) in [7, 11) is 1.16. The summed E-state index contributed by atoms with van der Waals surface area (Å²) in [6.45, 7) is 0.952. The summed E-state index contributed by atoms with van der Waals surface area (Å²) in [5.41, 5.74) is 0.247. The molecule has 82 valence electrons. The molecule has 0 aromatic heterocycles. The van der Waals surface area contributed by atoms with Crippen molar-refractivity contribution in [1.82, 2.24) is 0 Å². The van der Waals surface area contributed by atoms with Crippen molar-refractivity contribution in [2.75, 3.05) is 13.7 Å². The molecule has 1 aromatic carbocycles. The van der Waals surface area contributed by atoms with Crippen LogP contribution >= 0.6 is 0 Å². The van der Waals surface area contributed by atoms with Crippen LogP contribution in [0.15, 0.2) is 12.1 Å². The smallest absolute Gasteiger partial charge is 0.343 e. The molecule has 0 amide bonds. The van der Waals surface area contributed by atoms with Gasteiger partial charge in [0.1, 0.15) is 0 Å². The zero-order valence-electron chi connectivity index (χ0n) is 8.34. The van der Waals surface area contributed by atoms with Gasteiger partial charge in [0, 0.05) is 0 Å². The molecular weight excluding hydrogens is 206 g/mol. The molecule has 1 aromatic rings. The summed E-state index contributed by atoms with van der Waals surface area (Å²) in [5, 5.41) is 0. The second-order valence-electron chi connectivity index (χ2n) is 2.87. The lowest BCUT2D eigenvalue weighted by atomic mass is 10.2. The summed E-state index contributed by atoms with van der Waals surface area (Å²) in [5.74, 6) is -2.91. The summed E-state index contributed by atoms with van der Waals surface area (Å²) < 4.78 is 35.3. The van der Waals surface area contributed by atoms with Crippen LogP contribution in [0.2, 0.25) is 0 Å².